The lowest BCUT2D eigenvalue weighted by atomic mass is 9.52. The molecule has 0 radical (unpaired) electrons. The first-order valence-corrected chi connectivity index (χ1v) is 9.21. The Morgan fingerprint density at radius 2 is 1.83 bits per heavy atom. The highest BCUT2D eigenvalue weighted by Gasteiger charge is 2.47. The first kappa shape index (κ1) is 18.0. The largest absolute Gasteiger partial charge is 0.370 e. The molecule has 0 amide bonds. The van der Waals surface area contributed by atoms with Gasteiger partial charge in [0.25, 0.3) is 0 Å². The number of hydrogen-bond acceptors (Lipinski definition) is 2. The summed E-state index contributed by atoms with van der Waals surface area (Å²) >= 11 is 0. The van der Waals surface area contributed by atoms with Gasteiger partial charge in [-0.05, 0) is 73.8 Å². The fourth-order valence-electron chi connectivity index (χ4n) is 5.46. The van der Waals surface area contributed by atoms with Crippen molar-refractivity contribution in [2.24, 2.45) is 40.3 Å². The number of hydrogen-bond donors (Lipinski definition) is 2. The van der Waals surface area contributed by atoms with E-state index in [0.717, 1.165) is 54.8 Å². The third-order valence-corrected chi connectivity index (χ3v) is 6.31. The number of rotatable bonds is 5. The summed E-state index contributed by atoms with van der Waals surface area (Å²) in [5, 5.41) is 3.24. The lowest BCUT2D eigenvalue weighted by molar-refractivity contribution is -0.0320. The summed E-state index contributed by atoms with van der Waals surface area (Å²) in [5.41, 5.74) is 7.15. The fourth-order valence-corrected chi connectivity index (χ4v) is 5.46. The van der Waals surface area contributed by atoms with Crippen molar-refractivity contribution in [2.45, 2.75) is 38.5 Å². The molecule has 0 unspecified atom stereocenters. The standard InChI is InChI=1S/C19H28N4.HI/c20-19(22-6-4-17-3-1-2-5-21-17)23-12-18-15-8-13-7-14(10-15)11-16(18)9-13;/h1-3,5,13-16,18H,4,6-12H2,(H3,20,22,23);1H. The third kappa shape index (κ3) is 4.03. The minimum absolute atomic E-state index is 0. The van der Waals surface area contributed by atoms with Crippen LogP contribution in [0, 0.1) is 29.6 Å². The Labute approximate surface area is 162 Å². The Morgan fingerprint density at radius 1 is 1.12 bits per heavy atom. The smallest absolute Gasteiger partial charge is 0.188 e. The zero-order valence-corrected chi connectivity index (χ0v) is 16.6. The molecule has 0 atom stereocenters. The van der Waals surface area contributed by atoms with Gasteiger partial charge in [0, 0.05) is 31.4 Å². The van der Waals surface area contributed by atoms with E-state index < -0.39 is 0 Å². The number of aliphatic imine (C=N–C) groups is 1. The first-order valence-electron chi connectivity index (χ1n) is 9.21. The highest BCUT2D eigenvalue weighted by atomic mass is 127. The van der Waals surface area contributed by atoms with Gasteiger partial charge in [-0.3, -0.25) is 9.98 Å². The van der Waals surface area contributed by atoms with Crippen molar-refractivity contribution in [3.05, 3.63) is 30.1 Å². The van der Waals surface area contributed by atoms with Crippen LogP contribution in [0.3, 0.4) is 0 Å². The Morgan fingerprint density at radius 3 is 2.46 bits per heavy atom. The number of aromatic nitrogens is 1. The van der Waals surface area contributed by atoms with Gasteiger partial charge in [-0.15, -0.1) is 24.0 Å². The van der Waals surface area contributed by atoms with E-state index in [0.29, 0.717) is 5.96 Å². The second-order valence-electron chi connectivity index (χ2n) is 7.82. The number of halogens is 1. The highest BCUT2D eigenvalue weighted by molar-refractivity contribution is 14.0. The van der Waals surface area contributed by atoms with Gasteiger partial charge < -0.3 is 11.1 Å². The predicted molar refractivity (Wildman–Crippen MR) is 108 cm³/mol. The summed E-state index contributed by atoms with van der Waals surface area (Å²) in [4.78, 5) is 8.99. The zero-order chi connectivity index (χ0) is 15.6. The van der Waals surface area contributed by atoms with Crippen LogP contribution in [-0.2, 0) is 6.42 Å². The molecule has 132 valence electrons. The molecule has 4 aliphatic rings. The van der Waals surface area contributed by atoms with Crippen molar-refractivity contribution >= 4 is 29.9 Å². The molecule has 24 heavy (non-hydrogen) atoms. The van der Waals surface area contributed by atoms with Crippen LogP contribution < -0.4 is 11.1 Å². The van der Waals surface area contributed by atoms with Crippen LogP contribution in [0.1, 0.15) is 37.8 Å². The highest BCUT2D eigenvalue weighted by Crippen LogP contribution is 2.56. The van der Waals surface area contributed by atoms with Crippen LogP contribution >= 0.6 is 24.0 Å². The van der Waals surface area contributed by atoms with Crippen molar-refractivity contribution in [3.63, 3.8) is 0 Å². The van der Waals surface area contributed by atoms with E-state index in [1.165, 1.54) is 32.1 Å². The molecular formula is C19H29IN4. The average Bonchev–Trinajstić information content (AvgIpc) is 2.54. The molecule has 0 aromatic carbocycles. The minimum Gasteiger partial charge on any atom is -0.370 e. The van der Waals surface area contributed by atoms with Crippen molar-refractivity contribution in [1.82, 2.24) is 10.3 Å². The van der Waals surface area contributed by atoms with Gasteiger partial charge in [-0.25, -0.2) is 0 Å². The molecule has 4 saturated carbocycles. The molecule has 0 aliphatic heterocycles. The maximum absolute atomic E-state index is 6.06. The van der Waals surface area contributed by atoms with E-state index in [9.17, 15) is 0 Å². The fraction of sp³-hybridized carbons (Fsp3) is 0.684. The number of nitrogens with two attached hydrogens (primary N) is 1. The molecule has 0 saturated heterocycles. The molecular weight excluding hydrogens is 411 g/mol. The summed E-state index contributed by atoms with van der Waals surface area (Å²) in [6, 6.07) is 6.01. The molecule has 1 aromatic rings. The summed E-state index contributed by atoms with van der Waals surface area (Å²) in [6.07, 6.45) is 10.1. The molecule has 0 spiro atoms. The maximum Gasteiger partial charge on any atom is 0.188 e. The van der Waals surface area contributed by atoms with E-state index in [-0.39, 0.29) is 24.0 Å². The minimum atomic E-state index is 0. The van der Waals surface area contributed by atoms with Crippen LogP contribution in [0.5, 0.6) is 0 Å². The topological polar surface area (TPSA) is 63.3 Å². The van der Waals surface area contributed by atoms with Crippen LogP contribution in [0.4, 0.5) is 0 Å². The lowest BCUT2D eigenvalue weighted by Crippen LogP contribution is -2.46. The van der Waals surface area contributed by atoms with Crippen LogP contribution in [0.15, 0.2) is 29.4 Å². The van der Waals surface area contributed by atoms with Gasteiger partial charge in [0.15, 0.2) is 5.96 Å². The number of nitrogens with one attached hydrogen (secondary N) is 1. The van der Waals surface area contributed by atoms with E-state index in [2.05, 4.69) is 15.3 Å². The molecule has 4 nitrogen and oxygen atoms in total. The monoisotopic (exact) mass is 440 g/mol. The molecule has 5 rings (SSSR count). The van der Waals surface area contributed by atoms with Crippen LogP contribution in [0.2, 0.25) is 0 Å². The molecule has 1 heterocycles. The number of pyridine rings is 1. The third-order valence-electron chi connectivity index (χ3n) is 6.31. The Hall–Kier alpha value is -0.850. The SMILES string of the molecule is I.NC(=NCC1C2CC3CC(C2)CC1C3)NCCc1ccccn1. The van der Waals surface area contributed by atoms with Gasteiger partial charge in [0.2, 0.25) is 0 Å². The van der Waals surface area contributed by atoms with Crippen molar-refractivity contribution in [1.29, 1.82) is 0 Å². The van der Waals surface area contributed by atoms with Gasteiger partial charge in [-0.1, -0.05) is 6.07 Å². The van der Waals surface area contributed by atoms with Crippen molar-refractivity contribution in [3.8, 4) is 0 Å². The van der Waals surface area contributed by atoms with Gasteiger partial charge in [0.1, 0.15) is 0 Å². The number of guanidine groups is 1. The van der Waals surface area contributed by atoms with Crippen LogP contribution in [0.25, 0.3) is 0 Å². The average molecular weight is 440 g/mol. The summed E-state index contributed by atoms with van der Waals surface area (Å²) in [6.45, 7) is 1.73. The first-order chi connectivity index (χ1) is 11.3. The Bertz CT molecular complexity index is 532. The molecule has 4 fully saturated rings. The summed E-state index contributed by atoms with van der Waals surface area (Å²) in [5.74, 6) is 5.32. The Kier molecular flexibility index (Phi) is 6.00. The van der Waals surface area contributed by atoms with Crippen LogP contribution in [-0.4, -0.2) is 24.0 Å². The lowest BCUT2D eigenvalue weighted by Gasteiger charge is -2.54. The molecule has 1 aromatic heterocycles. The van der Waals surface area contributed by atoms with E-state index in [1.54, 1.807) is 0 Å². The van der Waals surface area contributed by atoms with E-state index >= 15 is 0 Å². The maximum atomic E-state index is 6.06. The Balaban J connectivity index is 0.00000169. The van der Waals surface area contributed by atoms with E-state index in [1.807, 2.05) is 24.4 Å². The molecule has 4 aliphatic carbocycles. The second kappa shape index (κ2) is 8.02. The molecule has 5 heteroatoms. The van der Waals surface area contributed by atoms with Gasteiger partial charge in [0.05, 0.1) is 0 Å². The van der Waals surface area contributed by atoms with Gasteiger partial charge >= 0.3 is 0 Å². The second-order valence-corrected chi connectivity index (χ2v) is 7.82. The van der Waals surface area contributed by atoms with Gasteiger partial charge in [-0.2, -0.15) is 0 Å². The molecule has 3 N–H and O–H groups in total. The number of nitrogens with zero attached hydrogens (tertiary/aromatic N) is 2. The normalized spacial score (nSPS) is 34.0. The zero-order valence-electron chi connectivity index (χ0n) is 14.2. The van der Waals surface area contributed by atoms with Crippen molar-refractivity contribution in [2.75, 3.05) is 13.1 Å². The van der Waals surface area contributed by atoms with Crippen molar-refractivity contribution < 1.29 is 0 Å². The summed E-state index contributed by atoms with van der Waals surface area (Å²) < 4.78 is 0. The molecule has 4 bridgehead atoms. The quantitative estimate of drug-likeness (QED) is 0.420. The summed E-state index contributed by atoms with van der Waals surface area (Å²) in [7, 11) is 0. The predicted octanol–water partition coefficient (Wildman–Crippen LogP) is 3.22. The van der Waals surface area contributed by atoms with E-state index in [4.69, 9.17) is 5.73 Å².